The lowest BCUT2D eigenvalue weighted by Crippen LogP contribution is -2.04. The zero-order valence-corrected chi connectivity index (χ0v) is 12.8. The van der Waals surface area contributed by atoms with Crippen LogP contribution in [0.1, 0.15) is 23.9 Å². The Balaban J connectivity index is 2.40. The van der Waals surface area contributed by atoms with E-state index in [1.165, 1.54) is 0 Å². The lowest BCUT2D eigenvalue weighted by molar-refractivity contribution is 0.452. The zero-order chi connectivity index (χ0) is 14.0. The number of benzene rings is 1. The highest BCUT2D eigenvalue weighted by molar-refractivity contribution is 9.10. The molecular formula is C14H16BrN3O. The van der Waals surface area contributed by atoms with Crippen molar-refractivity contribution in [2.24, 2.45) is 0 Å². The van der Waals surface area contributed by atoms with Crippen molar-refractivity contribution in [2.75, 3.05) is 5.73 Å². The topological polar surface area (TPSA) is 61.0 Å². The summed E-state index contributed by atoms with van der Waals surface area (Å²) in [6, 6.07) is 5.89. The number of nitrogens with zero attached hydrogens (tertiary/aromatic N) is 2. The summed E-state index contributed by atoms with van der Waals surface area (Å²) in [5.41, 5.74) is 7.78. The Morgan fingerprint density at radius 1 is 1.26 bits per heavy atom. The van der Waals surface area contributed by atoms with Crippen molar-refractivity contribution in [1.82, 2.24) is 9.97 Å². The predicted molar refractivity (Wildman–Crippen MR) is 79.5 cm³/mol. The molecule has 2 aromatic rings. The molecule has 1 aromatic carbocycles. The van der Waals surface area contributed by atoms with E-state index in [1.54, 1.807) is 0 Å². The Morgan fingerprint density at radius 2 is 2.00 bits per heavy atom. The molecular weight excluding hydrogens is 306 g/mol. The fourth-order valence-corrected chi connectivity index (χ4v) is 2.18. The van der Waals surface area contributed by atoms with Crippen LogP contribution in [-0.4, -0.2) is 9.97 Å². The number of nitrogen functional groups attached to an aromatic ring is 1. The fourth-order valence-electron chi connectivity index (χ4n) is 1.61. The van der Waals surface area contributed by atoms with Gasteiger partial charge in [0.05, 0.1) is 10.0 Å². The zero-order valence-electron chi connectivity index (χ0n) is 11.2. The Bertz CT molecular complexity index is 614. The molecule has 1 heterocycles. The molecule has 0 radical (unpaired) electrons. The number of hydrogen-bond acceptors (Lipinski definition) is 4. The third-order valence-corrected chi connectivity index (χ3v) is 3.42. The molecule has 2 N–H and O–H groups in total. The third-order valence-electron chi connectivity index (χ3n) is 2.80. The van der Waals surface area contributed by atoms with Gasteiger partial charge in [0.15, 0.2) is 0 Å². The van der Waals surface area contributed by atoms with Crippen molar-refractivity contribution in [3.05, 3.63) is 39.6 Å². The van der Waals surface area contributed by atoms with Crippen LogP contribution in [0.4, 0.5) is 5.82 Å². The molecule has 0 fully saturated rings. The molecule has 4 nitrogen and oxygen atoms in total. The predicted octanol–water partition coefficient (Wildman–Crippen LogP) is 3.79. The minimum atomic E-state index is 0.463. The summed E-state index contributed by atoms with van der Waals surface area (Å²) in [4.78, 5) is 8.58. The molecule has 5 heteroatoms. The number of rotatable bonds is 3. The first-order chi connectivity index (χ1) is 9.01. The van der Waals surface area contributed by atoms with E-state index in [4.69, 9.17) is 10.5 Å². The van der Waals surface area contributed by atoms with E-state index < -0.39 is 0 Å². The molecule has 0 atom stereocenters. The summed E-state index contributed by atoms with van der Waals surface area (Å²) in [7, 11) is 0. The molecule has 2 rings (SSSR count). The van der Waals surface area contributed by atoms with E-state index in [2.05, 4.69) is 25.9 Å². The van der Waals surface area contributed by atoms with Crippen molar-refractivity contribution in [3.8, 4) is 11.6 Å². The fraction of sp³-hybridized carbons (Fsp3) is 0.286. The van der Waals surface area contributed by atoms with Crippen LogP contribution in [0, 0.1) is 13.8 Å². The second kappa shape index (κ2) is 5.57. The average molecular weight is 322 g/mol. The van der Waals surface area contributed by atoms with Gasteiger partial charge in [0.2, 0.25) is 5.88 Å². The molecule has 0 saturated carbocycles. The van der Waals surface area contributed by atoms with E-state index >= 15 is 0 Å². The minimum Gasteiger partial charge on any atom is -0.437 e. The summed E-state index contributed by atoms with van der Waals surface area (Å²) >= 11 is 3.48. The van der Waals surface area contributed by atoms with Crippen LogP contribution in [0.3, 0.4) is 0 Å². The largest absolute Gasteiger partial charge is 0.437 e. The van der Waals surface area contributed by atoms with E-state index in [1.807, 2.05) is 39.0 Å². The lowest BCUT2D eigenvalue weighted by atomic mass is 10.2. The van der Waals surface area contributed by atoms with Gasteiger partial charge in [-0.25, -0.2) is 4.98 Å². The van der Waals surface area contributed by atoms with E-state index in [9.17, 15) is 0 Å². The van der Waals surface area contributed by atoms with Crippen LogP contribution in [0.25, 0.3) is 0 Å². The molecule has 19 heavy (non-hydrogen) atoms. The smallest absolute Gasteiger partial charge is 0.227 e. The number of anilines is 1. The van der Waals surface area contributed by atoms with Gasteiger partial charge in [0.1, 0.15) is 17.4 Å². The number of ether oxygens (including phenoxy) is 1. The van der Waals surface area contributed by atoms with Crippen LogP contribution in [-0.2, 0) is 6.42 Å². The SMILES string of the molecule is CCc1nc(N)c(C)c(Oc2ccc(C)cc2Br)n1. The molecule has 0 amide bonds. The number of hydrogen-bond donors (Lipinski definition) is 1. The number of aryl methyl sites for hydroxylation is 2. The van der Waals surface area contributed by atoms with Gasteiger partial charge in [-0.15, -0.1) is 0 Å². The number of nitrogens with two attached hydrogens (primary N) is 1. The Labute approximate surface area is 121 Å². The van der Waals surface area contributed by atoms with E-state index in [0.29, 0.717) is 23.3 Å². The number of aromatic nitrogens is 2. The van der Waals surface area contributed by atoms with Gasteiger partial charge in [-0.05, 0) is 47.5 Å². The quantitative estimate of drug-likeness (QED) is 0.934. The summed E-state index contributed by atoms with van der Waals surface area (Å²) in [5, 5.41) is 0. The molecule has 0 aliphatic carbocycles. The first-order valence-electron chi connectivity index (χ1n) is 6.08. The van der Waals surface area contributed by atoms with Gasteiger partial charge in [-0.1, -0.05) is 13.0 Å². The average Bonchev–Trinajstić information content (AvgIpc) is 2.37. The second-order valence-corrected chi connectivity index (χ2v) is 5.20. The van der Waals surface area contributed by atoms with Gasteiger partial charge in [-0.2, -0.15) is 4.98 Å². The maximum atomic E-state index is 5.87. The summed E-state index contributed by atoms with van der Waals surface area (Å²) in [6.07, 6.45) is 0.718. The summed E-state index contributed by atoms with van der Waals surface area (Å²) in [6.45, 7) is 5.86. The lowest BCUT2D eigenvalue weighted by Gasteiger charge is -2.12. The van der Waals surface area contributed by atoms with Gasteiger partial charge >= 0.3 is 0 Å². The van der Waals surface area contributed by atoms with Crippen molar-refractivity contribution in [3.63, 3.8) is 0 Å². The minimum absolute atomic E-state index is 0.463. The van der Waals surface area contributed by atoms with E-state index in [0.717, 1.165) is 22.0 Å². The highest BCUT2D eigenvalue weighted by atomic mass is 79.9. The maximum absolute atomic E-state index is 5.87. The second-order valence-electron chi connectivity index (χ2n) is 4.34. The van der Waals surface area contributed by atoms with Gasteiger partial charge in [0.25, 0.3) is 0 Å². The Morgan fingerprint density at radius 3 is 2.63 bits per heavy atom. The van der Waals surface area contributed by atoms with Gasteiger partial charge in [0, 0.05) is 6.42 Å². The molecule has 0 saturated heterocycles. The molecule has 0 aliphatic heterocycles. The van der Waals surface area contributed by atoms with Crippen molar-refractivity contribution in [2.45, 2.75) is 27.2 Å². The molecule has 1 aromatic heterocycles. The Hall–Kier alpha value is -1.62. The highest BCUT2D eigenvalue weighted by Crippen LogP contribution is 2.32. The van der Waals surface area contributed by atoms with E-state index in [-0.39, 0.29) is 0 Å². The van der Waals surface area contributed by atoms with Crippen molar-refractivity contribution >= 4 is 21.7 Å². The van der Waals surface area contributed by atoms with Crippen molar-refractivity contribution < 1.29 is 4.74 Å². The van der Waals surface area contributed by atoms with Gasteiger partial charge in [-0.3, -0.25) is 0 Å². The maximum Gasteiger partial charge on any atom is 0.227 e. The van der Waals surface area contributed by atoms with Crippen LogP contribution in [0.2, 0.25) is 0 Å². The standard InChI is InChI=1S/C14H16BrN3O/c1-4-12-17-13(16)9(3)14(18-12)19-11-6-5-8(2)7-10(11)15/h5-7H,4H2,1-3H3,(H2,16,17,18). The van der Waals surface area contributed by atoms with Crippen LogP contribution < -0.4 is 10.5 Å². The van der Waals surface area contributed by atoms with Crippen molar-refractivity contribution in [1.29, 1.82) is 0 Å². The van der Waals surface area contributed by atoms with Crippen LogP contribution in [0.5, 0.6) is 11.6 Å². The summed E-state index contributed by atoms with van der Waals surface area (Å²) < 4.78 is 6.73. The normalized spacial score (nSPS) is 10.5. The third kappa shape index (κ3) is 3.04. The van der Waals surface area contributed by atoms with Crippen LogP contribution in [0.15, 0.2) is 22.7 Å². The molecule has 0 unspecified atom stereocenters. The highest BCUT2D eigenvalue weighted by Gasteiger charge is 2.11. The molecule has 0 bridgehead atoms. The molecule has 100 valence electrons. The molecule has 0 aliphatic rings. The number of halogens is 1. The molecule has 0 spiro atoms. The first-order valence-corrected chi connectivity index (χ1v) is 6.87. The van der Waals surface area contributed by atoms with Crippen LogP contribution >= 0.6 is 15.9 Å². The first kappa shape index (κ1) is 13.8. The monoisotopic (exact) mass is 321 g/mol. The Kier molecular flexibility index (Phi) is 4.04. The summed E-state index contributed by atoms with van der Waals surface area (Å²) in [5.74, 6) is 2.37. The van der Waals surface area contributed by atoms with Gasteiger partial charge < -0.3 is 10.5 Å².